The van der Waals surface area contributed by atoms with Crippen LogP contribution in [-0.4, -0.2) is 64.7 Å². The minimum absolute atomic E-state index is 0.191. The maximum absolute atomic E-state index is 12.6. The molecule has 11 heteroatoms. The minimum Gasteiger partial charge on any atom is -0.472 e. The number of carbonyl (C=O) groups excluding carboxylic acids is 1. The molecule has 2 atom stereocenters. The van der Waals surface area contributed by atoms with E-state index >= 15 is 0 Å². The molecule has 4 heterocycles. The molecule has 0 amide bonds. The Morgan fingerprint density at radius 3 is 2.72 bits per heavy atom. The fourth-order valence-corrected chi connectivity index (χ4v) is 3.55. The molecule has 32 heavy (non-hydrogen) atoms. The van der Waals surface area contributed by atoms with Crippen LogP contribution in [0.3, 0.4) is 0 Å². The summed E-state index contributed by atoms with van der Waals surface area (Å²) >= 11 is 0. The summed E-state index contributed by atoms with van der Waals surface area (Å²) in [7, 11) is 1.28. The molecular weight excluding hydrogens is 424 g/mol. The lowest BCUT2D eigenvalue weighted by Gasteiger charge is -2.25. The Bertz CT molecular complexity index is 1020. The Morgan fingerprint density at radius 2 is 2.09 bits per heavy atom. The molecule has 0 spiro atoms. The highest BCUT2D eigenvalue weighted by Gasteiger charge is 2.35. The van der Waals surface area contributed by atoms with Gasteiger partial charge in [0.1, 0.15) is 11.9 Å². The van der Waals surface area contributed by atoms with Crippen molar-refractivity contribution in [2.24, 2.45) is 0 Å². The fourth-order valence-electron chi connectivity index (χ4n) is 3.55. The first kappa shape index (κ1) is 21.6. The van der Waals surface area contributed by atoms with E-state index in [0.29, 0.717) is 30.2 Å². The molecule has 4 rings (SSSR count). The number of ether oxygens (including phenoxy) is 3. The number of hydrogen-bond acceptors (Lipinski definition) is 8. The van der Waals surface area contributed by atoms with Gasteiger partial charge in [0, 0.05) is 31.1 Å². The lowest BCUT2D eigenvalue weighted by Crippen LogP contribution is -2.34. The van der Waals surface area contributed by atoms with Crippen LogP contribution in [0, 0.1) is 0 Å². The molecule has 0 bridgehead atoms. The summed E-state index contributed by atoms with van der Waals surface area (Å²) in [6.45, 7) is -2.67. The first-order valence-electron chi connectivity index (χ1n) is 9.87. The highest BCUT2D eigenvalue weighted by atomic mass is 19.3. The Labute approximate surface area is 182 Å². The molecule has 9 nitrogen and oxygen atoms in total. The Morgan fingerprint density at radius 1 is 1.22 bits per heavy atom. The van der Waals surface area contributed by atoms with Crippen LogP contribution in [0.1, 0.15) is 16.8 Å². The quantitative estimate of drug-likeness (QED) is 0.489. The number of nitrogens with zero attached hydrogens (tertiary/aromatic N) is 5. The largest absolute Gasteiger partial charge is 0.472 e. The number of rotatable bonds is 8. The van der Waals surface area contributed by atoms with E-state index in [1.54, 1.807) is 41.5 Å². The van der Waals surface area contributed by atoms with Crippen molar-refractivity contribution in [3.8, 4) is 11.6 Å². The molecule has 1 aliphatic rings. The topological polar surface area (TPSA) is 91.6 Å². The van der Waals surface area contributed by atoms with Gasteiger partial charge < -0.3 is 19.1 Å². The number of esters is 1. The average Bonchev–Trinajstić information content (AvgIpc) is 3.48. The second-order valence-corrected chi connectivity index (χ2v) is 7.08. The third-order valence-electron chi connectivity index (χ3n) is 5.03. The standard InChI is InChI=1S/C21H21F2N5O4/c1-30-20(29)14-3-5-18(24-10-14)27-12-17(9-16(27)13-31-21(22)23)32-19-6-4-15(11-25-19)28-8-2-7-26-28/h2-8,10-11,16-17,21H,9,12-13H2,1H3/t16-,17-/m0/s1. The van der Waals surface area contributed by atoms with E-state index in [-0.39, 0.29) is 18.8 Å². The summed E-state index contributed by atoms with van der Waals surface area (Å²) in [6, 6.07) is 8.20. The SMILES string of the molecule is COC(=O)c1ccc(N2C[C@@H](Oc3ccc(-n4cccn4)cn3)C[C@H]2COC(F)F)nc1. The van der Waals surface area contributed by atoms with E-state index in [0.717, 1.165) is 5.69 Å². The van der Waals surface area contributed by atoms with Gasteiger partial charge >= 0.3 is 12.6 Å². The molecule has 3 aromatic rings. The molecule has 0 radical (unpaired) electrons. The zero-order valence-electron chi connectivity index (χ0n) is 17.2. The van der Waals surface area contributed by atoms with Crippen molar-refractivity contribution in [3.05, 3.63) is 60.7 Å². The molecule has 0 aliphatic carbocycles. The van der Waals surface area contributed by atoms with E-state index < -0.39 is 12.6 Å². The van der Waals surface area contributed by atoms with Gasteiger partial charge in [0.2, 0.25) is 5.88 Å². The van der Waals surface area contributed by atoms with Crippen molar-refractivity contribution in [3.63, 3.8) is 0 Å². The van der Waals surface area contributed by atoms with Gasteiger partial charge in [0.25, 0.3) is 0 Å². The molecule has 1 saturated heterocycles. The number of carbonyl (C=O) groups is 1. The van der Waals surface area contributed by atoms with Crippen LogP contribution in [-0.2, 0) is 9.47 Å². The minimum atomic E-state index is -2.87. The van der Waals surface area contributed by atoms with Crippen LogP contribution in [0.25, 0.3) is 5.69 Å². The molecule has 1 fully saturated rings. The van der Waals surface area contributed by atoms with E-state index in [4.69, 9.17) is 4.74 Å². The molecule has 168 valence electrons. The van der Waals surface area contributed by atoms with Crippen LogP contribution < -0.4 is 9.64 Å². The van der Waals surface area contributed by atoms with Gasteiger partial charge in [-0.25, -0.2) is 19.4 Å². The van der Waals surface area contributed by atoms with E-state index in [2.05, 4.69) is 24.5 Å². The highest BCUT2D eigenvalue weighted by molar-refractivity contribution is 5.89. The smallest absolute Gasteiger partial charge is 0.345 e. The summed E-state index contributed by atoms with van der Waals surface area (Å²) in [6.07, 6.45) is 6.63. The van der Waals surface area contributed by atoms with Crippen molar-refractivity contribution in [1.82, 2.24) is 19.7 Å². The van der Waals surface area contributed by atoms with Crippen LogP contribution in [0.5, 0.6) is 5.88 Å². The number of aromatic nitrogens is 4. The number of halogens is 2. The second kappa shape index (κ2) is 9.69. The van der Waals surface area contributed by atoms with Crippen molar-refractivity contribution in [1.29, 1.82) is 0 Å². The monoisotopic (exact) mass is 445 g/mol. The molecule has 0 saturated carbocycles. The summed E-state index contributed by atoms with van der Waals surface area (Å²) in [4.78, 5) is 22.1. The zero-order chi connectivity index (χ0) is 22.5. The Hall–Kier alpha value is -3.60. The maximum Gasteiger partial charge on any atom is 0.345 e. The van der Waals surface area contributed by atoms with Gasteiger partial charge in [-0.2, -0.15) is 13.9 Å². The summed E-state index contributed by atoms with van der Waals surface area (Å²) in [5.41, 5.74) is 1.08. The summed E-state index contributed by atoms with van der Waals surface area (Å²) in [5, 5.41) is 4.15. The number of methoxy groups -OCH3 is 1. The van der Waals surface area contributed by atoms with Gasteiger partial charge in [-0.3, -0.25) is 0 Å². The fraction of sp³-hybridized carbons (Fsp3) is 0.333. The predicted molar refractivity (Wildman–Crippen MR) is 109 cm³/mol. The highest BCUT2D eigenvalue weighted by Crippen LogP contribution is 2.28. The van der Waals surface area contributed by atoms with Crippen LogP contribution in [0.2, 0.25) is 0 Å². The van der Waals surface area contributed by atoms with Crippen molar-refractivity contribution >= 4 is 11.8 Å². The van der Waals surface area contributed by atoms with Crippen molar-refractivity contribution < 1.29 is 27.8 Å². The van der Waals surface area contributed by atoms with Crippen molar-refractivity contribution in [2.75, 3.05) is 25.2 Å². The van der Waals surface area contributed by atoms with E-state index in [1.807, 2.05) is 17.0 Å². The molecule has 0 N–H and O–H groups in total. The van der Waals surface area contributed by atoms with Gasteiger partial charge in [-0.15, -0.1) is 0 Å². The molecule has 0 unspecified atom stereocenters. The second-order valence-electron chi connectivity index (χ2n) is 7.08. The lowest BCUT2D eigenvalue weighted by molar-refractivity contribution is -0.131. The predicted octanol–water partition coefficient (Wildman–Crippen LogP) is 2.71. The Kier molecular flexibility index (Phi) is 6.55. The molecule has 0 aromatic carbocycles. The summed E-state index contributed by atoms with van der Waals surface area (Å²) in [5.74, 6) is 0.429. The number of pyridine rings is 2. The van der Waals surface area contributed by atoms with Crippen LogP contribution in [0.15, 0.2) is 55.1 Å². The van der Waals surface area contributed by atoms with Gasteiger partial charge in [0.05, 0.1) is 43.8 Å². The molecular formula is C21H21F2N5O4. The number of alkyl halides is 2. The first-order chi connectivity index (χ1) is 15.5. The van der Waals surface area contributed by atoms with Crippen molar-refractivity contribution in [2.45, 2.75) is 25.2 Å². The lowest BCUT2D eigenvalue weighted by atomic mass is 10.2. The number of hydrogen-bond donors (Lipinski definition) is 0. The van der Waals surface area contributed by atoms with Crippen LogP contribution >= 0.6 is 0 Å². The van der Waals surface area contributed by atoms with Gasteiger partial charge in [0.15, 0.2) is 0 Å². The molecule has 3 aromatic heterocycles. The Balaban J connectivity index is 1.46. The molecule has 1 aliphatic heterocycles. The van der Waals surface area contributed by atoms with E-state index in [1.165, 1.54) is 13.3 Å². The third kappa shape index (κ3) is 4.99. The number of anilines is 1. The maximum atomic E-state index is 12.6. The van der Waals surface area contributed by atoms with Gasteiger partial charge in [-0.1, -0.05) is 0 Å². The summed E-state index contributed by atoms with van der Waals surface area (Å²) < 4.78 is 42.2. The first-order valence-corrected chi connectivity index (χ1v) is 9.87. The zero-order valence-corrected chi connectivity index (χ0v) is 17.2. The van der Waals surface area contributed by atoms with Gasteiger partial charge in [-0.05, 0) is 24.3 Å². The van der Waals surface area contributed by atoms with E-state index in [9.17, 15) is 13.6 Å². The third-order valence-corrected chi connectivity index (χ3v) is 5.03. The average molecular weight is 445 g/mol. The normalized spacial score (nSPS) is 18.2. The van der Waals surface area contributed by atoms with Crippen LogP contribution in [0.4, 0.5) is 14.6 Å².